The number of hydrogen-bond acceptors (Lipinski definition) is 1. The molecule has 0 aromatic rings. The van der Waals surface area contributed by atoms with E-state index >= 15 is 0 Å². The van der Waals surface area contributed by atoms with E-state index < -0.39 is 0 Å². The molecule has 1 aliphatic heterocycles. The quantitative estimate of drug-likeness (QED) is 0.328. The van der Waals surface area contributed by atoms with Crippen LogP contribution in [-0.4, -0.2) is 64.6 Å². The van der Waals surface area contributed by atoms with Crippen LogP contribution >= 0.6 is 15.9 Å². The molecule has 0 saturated carbocycles. The first-order valence-electron chi connectivity index (χ1n) is 3.76. The minimum absolute atomic E-state index is 0. The standard InChI is InChI=1S/C4H8O.C2H5Br.C2H5.BrH.2Mg.2H/c1-2-4-5-3-1;1-2-3;1-2;;;;;/h1-4H2;2H2,1H3;1H2,2H3;1H;;;;/q;;-1;;2*+2;2*-1/p-1. The molecule has 0 amide bonds. The molecule has 76 valence electrons. The molecule has 1 saturated heterocycles. The smallest absolute Gasteiger partial charge is 1.00 e. The molecule has 5 heteroatoms. The molecule has 1 aliphatic rings. The van der Waals surface area contributed by atoms with Crippen molar-refractivity contribution >= 4 is 62.0 Å². The van der Waals surface area contributed by atoms with Crippen LogP contribution in [0.1, 0.15) is 29.5 Å². The Morgan fingerprint density at radius 3 is 1.54 bits per heavy atom. The Kier molecular flexibility index (Phi) is 83.2. The summed E-state index contributed by atoms with van der Waals surface area (Å²) in [6, 6.07) is 0. The molecular weight excluding hydrogens is 321 g/mol. The van der Waals surface area contributed by atoms with Crippen molar-refractivity contribution in [3.63, 3.8) is 0 Å². The molecule has 0 unspecified atom stereocenters. The molecule has 0 aromatic heterocycles. The van der Waals surface area contributed by atoms with E-state index in [1.54, 1.807) is 6.92 Å². The predicted octanol–water partition coefficient (Wildman–Crippen LogP) is -0.494. The molecule has 0 radical (unpaired) electrons. The average Bonchev–Trinajstić information content (AvgIpc) is 2.48. The van der Waals surface area contributed by atoms with Gasteiger partial charge < -0.3 is 31.5 Å². The van der Waals surface area contributed by atoms with Gasteiger partial charge in [-0.3, -0.25) is 0 Å². The summed E-state index contributed by atoms with van der Waals surface area (Å²) >= 11 is 3.15. The van der Waals surface area contributed by atoms with Crippen LogP contribution in [0.15, 0.2) is 0 Å². The van der Waals surface area contributed by atoms with E-state index in [0.29, 0.717) is 0 Å². The van der Waals surface area contributed by atoms with E-state index in [1.807, 2.05) is 6.92 Å². The van der Waals surface area contributed by atoms with E-state index in [0.717, 1.165) is 18.5 Å². The van der Waals surface area contributed by atoms with E-state index in [9.17, 15) is 0 Å². The number of alkyl halides is 1. The number of rotatable bonds is 0. The van der Waals surface area contributed by atoms with Crippen LogP contribution < -0.4 is 17.0 Å². The molecule has 1 nitrogen and oxygen atoms in total. The molecule has 13 heavy (non-hydrogen) atoms. The van der Waals surface area contributed by atoms with E-state index in [1.165, 1.54) is 12.8 Å². The number of halogens is 2. The third-order valence-corrected chi connectivity index (χ3v) is 0.827. The van der Waals surface area contributed by atoms with E-state index in [4.69, 9.17) is 4.74 Å². The predicted molar refractivity (Wildman–Crippen MR) is 64.3 cm³/mol. The normalized spacial score (nSPS) is 11.1. The maximum Gasteiger partial charge on any atom is 2.00 e. The van der Waals surface area contributed by atoms with Crippen molar-refractivity contribution in [1.82, 2.24) is 0 Å². The summed E-state index contributed by atoms with van der Waals surface area (Å²) in [6.07, 6.45) is 2.56. The summed E-state index contributed by atoms with van der Waals surface area (Å²) in [5.41, 5.74) is 0. The van der Waals surface area contributed by atoms with Gasteiger partial charge in [0.05, 0.1) is 0 Å². The van der Waals surface area contributed by atoms with Gasteiger partial charge in [0.1, 0.15) is 0 Å². The van der Waals surface area contributed by atoms with Gasteiger partial charge >= 0.3 is 46.1 Å². The maximum atomic E-state index is 4.94. The van der Waals surface area contributed by atoms with Crippen molar-refractivity contribution in [2.45, 2.75) is 26.7 Å². The van der Waals surface area contributed by atoms with Crippen LogP contribution in [0.4, 0.5) is 0 Å². The van der Waals surface area contributed by atoms with Gasteiger partial charge in [0.25, 0.3) is 0 Å². The molecule has 1 rings (SSSR count). The summed E-state index contributed by atoms with van der Waals surface area (Å²) in [5, 5.41) is 1.06. The van der Waals surface area contributed by atoms with Crippen LogP contribution in [0.5, 0.6) is 0 Å². The van der Waals surface area contributed by atoms with Crippen LogP contribution in [0.2, 0.25) is 0 Å². The van der Waals surface area contributed by atoms with E-state index in [2.05, 4.69) is 22.9 Å². The van der Waals surface area contributed by atoms with Gasteiger partial charge in [0, 0.05) is 18.5 Å². The summed E-state index contributed by atoms with van der Waals surface area (Å²) in [5.74, 6) is 0. The molecule has 1 fully saturated rings. The van der Waals surface area contributed by atoms with E-state index in [-0.39, 0.29) is 65.9 Å². The van der Waals surface area contributed by atoms with Gasteiger partial charge in [-0.2, -0.15) is 6.92 Å². The van der Waals surface area contributed by atoms with Crippen molar-refractivity contribution in [3.8, 4) is 0 Å². The summed E-state index contributed by atoms with van der Waals surface area (Å²) in [7, 11) is 0. The summed E-state index contributed by atoms with van der Waals surface area (Å²) < 4.78 is 4.94. The van der Waals surface area contributed by atoms with Gasteiger partial charge in [-0.25, -0.2) is 0 Å². The van der Waals surface area contributed by atoms with Gasteiger partial charge in [-0.1, -0.05) is 22.9 Å². The topological polar surface area (TPSA) is 9.23 Å². The molecule has 0 aromatic carbocycles. The fraction of sp³-hybridized carbons (Fsp3) is 0.875. The van der Waals surface area contributed by atoms with Gasteiger partial charge in [-0.15, -0.1) is 0 Å². The third kappa shape index (κ3) is 40.4. The second-order valence-electron chi connectivity index (χ2n) is 1.59. The van der Waals surface area contributed by atoms with Gasteiger partial charge in [0.2, 0.25) is 0 Å². The molecule has 0 atom stereocenters. The van der Waals surface area contributed by atoms with Crippen molar-refractivity contribution in [2.24, 2.45) is 0 Å². The fourth-order valence-corrected chi connectivity index (χ4v) is 0.510. The van der Waals surface area contributed by atoms with Crippen molar-refractivity contribution in [3.05, 3.63) is 6.92 Å². The Hall–Kier alpha value is 2.45. The first-order valence-corrected chi connectivity index (χ1v) is 4.88. The number of hydrogen-bond donors (Lipinski definition) is 0. The Labute approximate surface area is 137 Å². The molecule has 0 spiro atoms. The first kappa shape index (κ1) is 29.5. The third-order valence-electron chi connectivity index (χ3n) is 0.827. The minimum atomic E-state index is 0. The van der Waals surface area contributed by atoms with Crippen LogP contribution in [-0.2, 0) is 4.74 Å². The molecule has 0 bridgehead atoms. The maximum absolute atomic E-state index is 4.94. The molecule has 0 aliphatic carbocycles. The zero-order chi connectivity index (χ0) is 8.24. The molecular formula is C8H20Br2Mg2O. The SMILES string of the molecule is C1CCOC1.CCBr.[Br-].[CH2-]C.[H-].[H-].[Mg+2].[Mg+2]. The largest absolute Gasteiger partial charge is 2.00 e. The van der Waals surface area contributed by atoms with Gasteiger partial charge in [0.15, 0.2) is 0 Å². The van der Waals surface area contributed by atoms with Crippen molar-refractivity contribution in [2.75, 3.05) is 18.5 Å². The second kappa shape index (κ2) is 36.6. The Bertz CT molecular complexity index is 48.0. The average molecular weight is 341 g/mol. The monoisotopic (exact) mass is 338 g/mol. The Morgan fingerprint density at radius 1 is 1.23 bits per heavy atom. The zero-order valence-corrected chi connectivity index (χ0v) is 14.8. The zero-order valence-electron chi connectivity index (χ0n) is 10.8. The molecule has 1 heterocycles. The van der Waals surface area contributed by atoms with Crippen LogP contribution in [0.3, 0.4) is 0 Å². The van der Waals surface area contributed by atoms with Crippen molar-refractivity contribution in [1.29, 1.82) is 0 Å². The fourth-order valence-electron chi connectivity index (χ4n) is 0.510. The number of ether oxygens (including phenoxy) is 1. The van der Waals surface area contributed by atoms with Crippen LogP contribution in [0.25, 0.3) is 0 Å². The summed E-state index contributed by atoms with van der Waals surface area (Å²) in [6.45, 7) is 9.04. The second-order valence-corrected chi connectivity index (χ2v) is 2.71. The molecule has 0 N–H and O–H groups in total. The van der Waals surface area contributed by atoms with Crippen molar-refractivity contribution < 1.29 is 24.6 Å². The minimum Gasteiger partial charge on any atom is -1.00 e. The Morgan fingerprint density at radius 2 is 1.46 bits per heavy atom. The first-order chi connectivity index (χ1) is 4.91. The van der Waals surface area contributed by atoms with Gasteiger partial charge in [-0.05, 0) is 12.8 Å². The summed E-state index contributed by atoms with van der Waals surface area (Å²) in [4.78, 5) is 0. The Balaban J connectivity index is -0.0000000119. The van der Waals surface area contributed by atoms with Crippen LogP contribution in [0, 0.1) is 6.92 Å².